The van der Waals surface area contributed by atoms with Crippen LogP contribution in [-0.4, -0.2) is 10.2 Å². The van der Waals surface area contributed by atoms with Gasteiger partial charge in [0, 0.05) is 0 Å². The third-order valence-corrected chi connectivity index (χ3v) is 0.708. The second-order valence-corrected chi connectivity index (χ2v) is 1.34. The van der Waals surface area contributed by atoms with E-state index in [2.05, 4.69) is 10.2 Å². The second kappa shape index (κ2) is 1.45. The molecule has 1 N–H and O–H groups in total. The molecule has 0 saturated heterocycles. The van der Waals surface area contributed by atoms with Crippen LogP contribution in [0.5, 0.6) is 0 Å². The number of hydrogen-bond acceptors (Lipinski definition) is 1. The molecule has 0 aliphatic carbocycles. The van der Waals surface area contributed by atoms with Crippen molar-refractivity contribution in [3.63, 3.8) is 0 Å². The topological polar surface area (TPSA) is 28.7 Å². The summed E-state index contributed by atoms with van der Waals surface area (Å²) in [4.78, 5) is 0. The van der Waals surface area contributed by atoms with Crippen molar-refractivity contribution in [1.82, 2.24) is 10.2 Å². The average Bonchev–Trinajstić information content (AvgIpc) is 1.86. The van der Waals surface area contributed by atoms with Crippen LogP contribution in [0, 0.1) is 0 Å². The predicted octanol–water partition coefficient (Wildman–Crippen LogP) is -0.418. The molecule has 0 aromatic carbocycles. The maximum absolute atomic E-state index is 4.74. The molecule has 1 rings (SSSR count). The van der Waals surface area contributed by atoms with E-state index in [4.69, 9.17) is 16.0 Å². The first-order valence-electron chi connectivity index (χ1n) is 1.51. The minimum atomic E-state index is 0.600. The average molecular weight is 131 g/mol. The van der Waals surface area contributed by atoms with Crippen molar-refractivity contribution < 1.29 is 16.0 Å². The van der Waals surface area contributed by atoms with Gasteiger partial charge in [0.2, 0.25) is 0 Å². The molecule has 0 radical (unpaired) electrons. The number of aromatic nitrogens is 2. The van der Waals surface area contributed by atoms with Gasteiger partial charge in [0.15, 0.2) is 0 Å². The molecular formula is C3H3CuN2. The van der Waals surface area contributed by atoms with E-state index in [1.54, 1.807) is 12.3 Å². The van der Waals surface area contributed by atoms with Crippen LogP contribution in [0.1, 0.15) is 0 Å². The van der Waals surface area contributed by atoms with Crippen molar-refractivity contribution >= 4 is 4.59 Å². The summed E-state index contributed by atoms with van der Waals surface area (Å²) in [6.07, 6.45) is 1.69. The SMILES string of the molecule is [Cu][c]1cc[nH]n1. The summed E-state index contributed by atoms with van der Waals surface area (Å²) in [5.74, 6) is 0. The molecule has 1 aromatic rings. The van der Waals surface area contributed by atoms with E-state index >= 15 is 0 Å². The first-order valence-corrected chi connectivity index (χ1v) is 1.98. The van der Waals surface area contributed by atoms with E-state index in [0.29, 0.717) is 4.59 Å². The Morgan fingerprint density at radius 2 is 2.67 bits per heavy atom. The van der Waals surface area contributed by atoms with E-state index in [-0.39, 0.29) is 0 Å². The van der Waals surface area contributed by atoms with Crippen molar-refractivity contribution in [1.29, 1.82) is 0 Å². The van der Waals surface area contributed by atoms with Crippen LogP contribution in [0.3, 0.4) is 0 Å². The first-order chi connectivity index (χ1) is 2.89. The molecular weight excluding hydrogens is 128 g/mol. The van der Waals surface area contributed by atoms with Crippen molar-refractivity contribution in [2.24, 2.45) is 0 Å². The predicted molar refractivity (Wildman–Crippen MR) is 18.2 cm³/mol. The monoisotopic (exact) mass is 130 g/mol. The molecule has 0 spiro atoms. The summed E-state index contributed by atoms with van der Waals surface area (Å²) in [5.41, 5.74) is 0. The van der Waals surface area contributed by atoms with Crippen LogP contribution in [0.2, 0.25) is 0 Å². The van der Waals surface area contributed by atoms with E-state index < -0.39 is 0 Å². The van der Waals surface area contributed by atoms with Gasteiger partial charge in [0.25, 0.3) is 0 Å². The van der Waals surface area contributed by atoms with Crippen LogP contribution in [-0.2, 0) is 16.0 Å². The quantitative estimate of drug-likeness (QED) is 0.475. The van der Waals surface area contributed by atoms with Crippen LogP contribution in [0.4, 0.5) is 0 Å². The zero-order valence-electron chi connectivity index (χ0n) is 2.90. The molecule has 1 aromatic heterocycles. The van der Waals surface area contributed by atoms with Crippen molar-refractivity contribution in [3.05, 3.63) is 12.3 Å². The van der Waals surface area contributed by atoms with E-state index in [1.807, 2.05) is 0 Å². The summed E-state index contributed by atoms with van der Waals surface area (Å²) < 4.78 is 0.600. The number of H-pyrrole nitrogens is 1. The zero-order valence-corrected chi connectivity index (χ0v) is 3.85. The Morgan fingerprint density at radius 3 is 2.83 bits per heavy atom. The van der Waals surface area contributed by atoms with E-state index in [1.165, 1.54) is 0 Å². The van der Waals surface area contributed by atoms with Crippen LogP contribution in [0.15, 0.2) is 12.3 Å². The molecule has 0 atom stereocenters. The first kappa shape index (κ1) is 3.90. The van der Waals surface area contributed by atoms with Crippen molar-refractivity contribution in [2.45, 2.75) is 0 Å². The molecule has 2 nitrogen and oxygen atoms in total. The minimum absolute atomic E-state index is 0.600. The van der Waals surface area contributed by atoms with Crippen molar-refractivity contribution in [3.8, 4) is 0 Å². The molecule has 3 heteroatoms. The summed E-state index contributed by atoms with van der Waals surface area (Å²) >= 11 is 4.74. The molecule has 0 amide bonds. The van der Waals surface area contributed by atoms with Gasteiger partial charge < -0.3 is 0 Å². The Bertz CT molecular complexity index is 112. The third kappa shape index (κ3) is 0.614. The van der Waals surface area contributed by atoms with Crippen LogP contribution in [0.25, 0.3) is 0 Å². The Kier molecular flexibility index (Phi) is 0.945. The van der Waals surface area contributed by atoms with Gasteiger partial charge in [-0.1, -0.05) is 0 Å². The van der Waals surface area contributed by atoms with Gasteiger partial charge in [-0.15, -0.1) is 0 Å². The molecule has 36 valence electrons. The van der Waals surface area contributed by atoms with Gasteiger partial charge in [-0.25, -0.2) is 0 Å². The third-order valence-electron chi connectivity index (χ3n) is 0.445. The Morgan fingerprint density at radius 1 is 1.83 bits per heavy atom. The van der Waals surface area contributed by atoms with E-state index in [9.17, 15) is 0 Å². The molecule has 0 bridgehead atoms. The molecule has 0 unspecified atom stereocenters. The number of nitrogens with zero attached hydrogens (tertiary/aromatic N) is 1. The van der Waals surface area contributed by atoms with Gasteiger partial charge in [0.1, 0.15) is 0 Å². The van der Waals surface area contributed by atoms with Crippen LogP contribution >= 0.6 is 0 Å². The van der Waals surface area contributed by atoms with Gasteiger partial charge in [-0.05, 0) is 0 Å². The number of hydrogen-bond donors (Lipinski definition) is 1. The fraction of sp³-hybridized carbons (Fsp3) is 0. The zero-order chi connectivity index (χ0) is 4.41. The fourth-order valence-electron chi connectivity index (χ4n) is 0.231. The Balaban J connectivity index is 3.05. The normalized spacial score (nSPS) is 9.00. The van der Waals surface area contributed by atoms with Crippen LogP contribution < -0.4 is 4.59 Å². The maximum atomic E-state index is 4.74. The van der Waals surface area contributed by atoms with Gasteiger partial charge in [-0.3, -0.25) is 0 Å². The van der Waals surface area contributed by atoms with Gasteiger partial charge in [0.05, 0.1) is 0 Å². The fourth-order valence-corrected chi connectivity index (χ4v) is 0.370. The second-order valence-electron chi connectivity index (χ2n) is 0.858. The standard InChI is InChI=1S/C3H3N2.Cu/c1-2-4-5-3-1;/h1-2H,(H,4,5);. The molecule has 6 heavy (non-hydrogen) atoms. The summed E-state index contributed by atoms with van der Waals surface area (Å²) in [5, 5.41) is 6.17. The molecule has 0 fully saturated rings. The Hall–Kier alpha value is -0.271. The summed E-state index contributed by atoms with van der Waals surface area (Å²) in [6, 6.07) is 1.72. The Labute approximate surface area is 43.8 Å². The number of aromatic amines is 1. The van der Waals surface area contributed by atoms with E-state index in [0.717, 1.165) is 0 Å². The van der Waals surface area contributed by atoms with Crippen molar-refractivity contribution in [2.75, 3.05) is 0 Å². The molecule has 0 aliphatic rings. The summed E-state index contributed by atoms with van der Waals surface area (Å²) in [7, 11) is 0. The molecule has 0 aliphatic heterocycles. The summed E-state index contributed by atoms with van der Waals surface area (Å²) in [6.45, 7) is 0. The molecule has 1 heterocycles. The van der Waals surface area contributed by atoms with Gasteiger partial charge >= 0.3 is 43.1 Å². The van der Waals surface area contributed by atoms with Gasteiger partial charge in [-0.2, -0.15) is 0 Å². The molecule has 0 saturated carbocycles. The number of nitrogens with one attached hydrogen (secondary N) is 1. The number of rotatable bonds is 0.